The Labute approximate surface area is 167 Å². The first-order chi connectivity index (χ1) is 13.0. The molecule has 0 saturated carbocycles. The number of hydrogen-bond acceptors (Lipinski definition) is 5. The molecule has 1 heterocycles. The van der Waals surface area contributed by atoms with Crippen LogP contribution in [0.25, 0.3) is 16.6 Å². The van der Waals surface area contributed by atoms with Crippen LogP contribution in [-0.2, 0) is 0 Å². The molecule has 0 atom stereocenters. The minimum atomic E-state index is 0.424. The highest BCUT2D eigenvalue weighted by Gasteiger charge is 2.13. The first-order valence-corrected chi connectivity index (χ1v) is 8.93. The first-order valence-electron chi connectivity index (χ1n) is 8.17. The Morgan fingerprint density at radius 1 is 1.15 bits per heavy atom. The summed E-state index contributed by atoms with van der Waals surface area (Å²) in [4.78, 5) is 17.4. The van der Waals surface area contributed by atoms with E-state index >= 15 is 0 Å². The average Bonchev–Trinajstić information content (AvgIpc) is 2.62. The van der Waals surface area contributed by atoms with Crippen LogP contribution in [0.4, 0.5) is 11.5 Å². The van der Waals surface area contributed by atoms with E-state index in [1.807, 2.05) is 32.0 Å². The van der Waals surface area contributed by atoms with E-state index in [1.165, 1.54) is 0 Å². The molecule has 0 aliphatic heterocycles. The van der Waals surface area contributed by atoms with Crippen LogP contribution in [-0.4, -0.2) is 22.9 Å². The van der Waals surface area contributed by atoms with Gasteiger partial charge in [0.2, 0.25) is 0 Å². The number of anilines is 2. The van der Waals surface area contributed by atoms with E-state index < -0.39 is 0 Å². The Kier molecular flexibility index (Phi) is 5.84. The largest absolute Gasteiger partial charge is 0.340 e. The van der Waals surface area contributed by atoms with E-state index in [-0.39, 0.29) is 0 Å². The van der Waals surface area contributed by atoms with Crippen molar-refractivity contribution < 1.29 is 0 Å². The third-order valence-corrected chi connectivity index (χ3v) is 4.24. The van der Waals surface area contributed by atoms with Crippen LogP contribution in [0.15, 0.2) is 52.6 Å². The monoisotopic (exact) mass is 397 g/mol. The Morgan fingerprint density at radius 3 is 2.56 bits per heavy atom. The maximum absolute atomic E-state index is 6.12. The molecule has 2 aromatic carbocycles. The van der Waals surface area contributed by atoms with Gasteiger partial charge in [0.05, 0.1) is 11.7 Å². The number of nitrogens with one attached hydrogen (secondary N) is 1. The second-order valence-corrected chi connectivity index (χ2v) is 6.60. The summed E-state index contributed by atoms with van der Waals surface area (Å²) in [6.07, 6.45) is 3.23. The standard InChI is InChI=1S/C20H17Cl2N5/c1-4-24-11-17(23-3)20-26-18-12(2)6-5-7-16(18)19(27-20)25-15-9-13(21)8-14(22)10-15/h4-11H,3H2,1-2H3,(H,25,26,27)/b17-11-,24-4?. The molecule has 1 N–H and O–H groups in total. The second-order valence-electron chi connectivity index (χ2n) is 5.73. The fourth-order valence-electron chi connectivity index (χ4n) is 2.58. The van der Waals surface area contributed by atoms with Crippen molar-refractivity contribution >= 4 is 64.2 Å². The zero-order valence-electron chi connectivity index (χ0n) is 14.9. The van der Waals surface area contributed by atoms with Gasteiger partial charge in [0, 0.05) is 27.3 Å². The first kappa shape index (κ1) is 19.0. The van der Waals surface area contributed by atoms with Crippen LogP contribution in [0.1, 0.15) is 18.3 Å². The van der Waals surface area contributed by atoms with E-state index in [0.717, 1.165) is 22.2 Å². The lowest BCUT2D eigenvalue weighted by Crippen LogP contribution is -2.02. The molecule has 0 bridgehead atoms. The Morgan fingerprint density at radius 2 is 1.89 bits per heavy atom. The van der Waals surface area contributed by atoms with Crippen LogP contribution < -0.4 is 5.32 Å². The van der Waals surface area contributed by atoms with Crippen LogP contribution >= 0.6 is 23.2 Å². The van der Waals surface area contributed by atoms with Crippen molar-refractivity contribution in [2.24, 2.45) is 9.98 Å². The minimum Gasteiger partial charge on any atom is -0.340 e. The van der Waals surface area contributed by atoms with Crippen LogP contribution in [0.3, 0.4) is 0 Å². The highest BCUT2D eigenvalue weighted by molar-refractivity contribution is 6.35. The summed E-state index contributed by atoms with van der Waals surface area (Å²) in [5.74, 6) is 1.04. The number of halogens is 2. The molecule has 0 radical (unpaired) electrons. The van der Waals surface area contributed by atoms with E-state index in [2.05, 4.69) is 32.0 Å². The normalized spacial score (nSPS) is 11.9. The maximum Gasteiger partial charge on any atom is 0.182 e. The molecular formula is C20H17Cl2N5. The van der Waals surface area contributed by atoms with Crippen molar-refractivity contribution in [2.45, 2.75) is 13.8 Å². The lowest BCUT2D eigenvalue weighted by atomic mass is 10.1. The molecule has 5 nitrogen and oxygen atoms in total. The molecule has 0 unspecified atom stereocenters. The number of para-hydroxylation sites is 1. The fourth-order valence-corrected chi connectivity index (χ4v) is 3.11. The van der Waals surface area contributed by atoms with Crippen molar-refractivity contribution in [2.75, 3.05) is 5.32 Å². The number of aliphatic imine (C=N–C) groups is 2. The van der Waals surface area contributed by atoms with E-state index in [1.54, 1.807) is 30.6 Å². The highest BCUT2D eigenvalue weighted by Crippen LogP contribution is 2.30. The third-order valence-electron chi connectivity index (χ3n) is 3.80. The molecule has 136 valence electrons. The predicted octanol–water partition coefficient (Wildman–Crippen LogP) is 6.08. The third kappa shape index (κ3) is 4.32. The van der Waals surface area contributed by atoms with Crippen molar-refractivity contribution in [3.63, 3.8) is 0 Å². The van der Waals surface area contributed by atoms with Gasteiger partial charge < -0.3 is 5.32 Å². The molecular weight excluding hydrogens is 381 g/mol. The summed E-state index contributed by atoms with van der Waals surface area (Å²) in [6.45, 7) is 7.41. The topological polar surface area (TPSA) is 62.5 Å². The van der Waals surface area contributed by atoms with Crippen LogP contribution in [0, 0.1) is 6.92 Å². The minimum absolute atomic E-state index is 0.424. The van der Waals surface area contributed by atoms with Gasteiger partial charge in [-0.05, 0) is 50.4 Å². The van der Waals surface area contributed by atoms with Gasteiger partial charge in [-0.15, -0.1) is 0 Å². The molecule has 27 heavy (non-hydrogen) atoms. The molecule has 3 aromatic rings. The van der Waals surface area contributed by atoms with Crippen molar-refractivity contribution in [3.05, 3.63) is 64.0 Å². The molecule has 7 heteroatoms. The summed E-state index contributed by atoms with van der Waals surface area (Å²) >= 11 is 12.2. The summed E-state index contributed by atoms with van der Waals surface area (Å²) < 4.78 is 0. The number of benzene rings is 2. The number of fused-ring (bicyclic) bond motifs is 1. The summed E-state index contributed by atoms with van der Waals surface area (Å²) in [6, 6.07) is 11.1. The van der Waals surface area contributed by atoms with Gasteiger partial charge in [0.15, 0.2) is 5.82 Å². The predicted molar refractivity (Wildman–Crippen MR) is 116 cm³/mol. The van der Waals surface area contributed by atoms with Crippen LogP contribution in [0.5, 0.6) is 0 Å². The van der Waals surface area contributed by atoms with Crippen molar-refractivity contribution in [1.29, 1.82) is 0 Å². The van der Waals surface area contributed by atoms with Gasteiger partial charge in [0.1, 0.15) is 11.5 Å². The molecule has 0 aliphatic carbocycles. The highest BCUT2D eigenvalue weighted by atomic mass is 35.5. The van der Waals surface area contributed by atoms with Gasteiger partial charge in [0.25, 0.3) is 0 Å². The van der Waals surface area contributed by atoms with Gasteiger partial charge in [-0.25, -0.2) is 9.97 Å². The average molecular weight is 398 g/mol. The molecule has 0 aliphatic rings. The Bertz CT molecular complexity index is 1050. The Balaban J connectivity index is 2.20. The summed E-state index contributed by atoms with van der Waals surface area (Å²) in [5, 5.41) is 5.22. The van der Waals surface area contributed by atoms with Gasteiger partial charge in [-0.1, -0.05) is 35.3 Å². The number of rotatable bonds is 5. The number of aryl methyl sites for hydroxylation is 1. The van der Waals surface area contributed by atoms with E-state index in [9.17, 15) is 0 Å². The second kappa shape index (κ2) is 8.29. The van der Waals surface area contributed by atoms with Gasteiger partial charge >= 0.3 is 0 Å². The lowest BCUT2D eigenvalue weighted by molar-refractivity contribution is 1.14. The smallest absolute Gasteiger partial charge is 0.182 e. The fraction of sp³-hybridized carbons (Fsp3) is 0.100. The molecule has 3 rings (SSSR count). The quantitative estimate of drug-likeness (QED) is 0.530. The van der Waals surface area contributed by atoms with Crippen molar-refractivity contribution in [1.82, 2.24) is 9.97 Å². The molecule has 0 amide bonds. The molecule has 0 fully saturated rings. The number of hydrogen-bond donors (Lipinski definition) is 1. The number of aromatic nitrogens is 2. The maximum atomic E-state index is 6.12. The van der Waals surface area contributed by atoms with E-state index in [0.29, 0.717) is 27.4 Å². The SMILES string of the molecule is C=N/C(=C\N=CC)c1nc(Nc2cc(Cl)cc(Cl)c2)c2cccc(C)c2n1. The molecule has 1 aromatic heterocycles. The van der Waals surface area contributed by atoms with Gasteiger partial charge in [-0.2, -0.15) is 0 Å². The number of nitrogens with zero attached hydrogens (tertiary/aromatic N) is 4. The molecule has 0 saturated heterocycles. The zero-order chi connectivity index (χ0) is 19.4. The summed E-state index contributed by atoms with van der Waals surface area (Å²) in [5.41, 5.74) is 3.04. The van der Waals surface area contributed by atoms with Crippen molar-refractivity contribution in [3.8, 4) is 0 Å². The Hall–Kier alpha value is -2.76. The summed E-state index contributed by atoms with van der Waals surface area (Å²) in [7, 11) is 0. The molecule has 0 spiro atoms. The lowest BCUT2D eigenvalue weighted by Gasteiger charge is -2.12. The van der Waals surface area contributed by atoms with Crippen LogP contribution in [0.2, 0.25) is 10.0 Å². The van der Waals surface area contributed by atoms with E-state index in [4.69, 9.17) is 23.2 Å². The van der Waals surface area contributed by atoms with Gasteiger partial charge in [-0.3, -0.25) is 9.98 Å². The zero-order valence-corrected chi connectivity index (χ0v) is 16.4.